The number of likely N-dealkylation sites (N-methyl/N-ethyl adjacent to an activating group) is 1. The predicted molar refractivity (Wildman–Crippen MR) is 103 cm³/mol. The molecule has 0 fully saturated rings. The minimum atomic E-state index is 0.235. The number of ether oxygens (including phenoxy) is 1. The van der Waals surface area contributed by atoms with Crippen LogP contribution >= 0.6 is 0 Å². The van der Waals surface area contributed by atoms with Gasteiger partial charge in [-0.2, -0.15) is 0 Å². The molecule has 0 bridgehead atoms. The Morgan fingerprint density at radius 2 is 2.12 bits per heavy atom. The van der Waals surface area contributed by atoms with E-state index >= 15 is 0 Å². The third-order valence-electron chi connectivity index (χ3n) is 4.03. The van der Waals surface area contributed by atoms with E-state index in [4.69, 9.17) is 4.74 Å². The largest absolute Gasteiger partial charge is 0.497 e. The monoisotopic (exact) mass is 332 g/mol. The van der Waals surface area contributed by atoms with E-state index < -0.39 is 0 Å². The van der Waals surface area contributed by atoms with Crippen molar-refractivity contribution >= 4 is 5.96 Å². The van der Waals surface area contributed by atoms with E-state index in [1.165, 1.54) is 5.56 Å². The van der Waals surface area contributed by atoms with Gasteiger partial charge in [0.2, 0.25) is 0 Å². The van der Waals surface area contributed by atoms with Crippen molar-refractivity contribution in [1.29, 1.82) is 0 Å². The molecule has 0 heterocycles. The van der Waals surface area contributed by atoms with Gasteiger partial charge in [0.15, 0.2) is 5.96 Å². The Morgan fingerprint density at radius 3 is 2.71 bits per heavy atom. The molecular formula is C19H32N4O. The first-order valence-electron chi connectivity index (χ1n) is 8.36. The van der Waals surface area contributed by atoms with Gasteiger partial charge in [-0.3, -0.25) is 4.99 Å². The van der Waals surface area contributed by atoms with Gasteiger partial charge in [0, 0.05) is 27.2 Å². The molecule has 24 heavy (non-hydrogen) atoms. The summed E-state index contributed by atoms with van der Waals surface area (Å²) in [5.41, 5.74) is 1.22. The highest BCUT2D eigenvalue weighted by atomic mass is 16.5. The zero-order valence-corrected chi connectivity index (χ0v) is 15.7. The van der Waals surface area contributed by atoms with Crippen LogP contribution in [-0.2, 0) is 0 Å². The molecule has 5 heteroatoms. The first kappa shape index (κ1) is 20.0. The summed E-state index contributed by atoms with van der Waals surface area (Å²) in [5, 5.41) is 3.48. The van der Waals surface area contributed by atoms with Crippen molar-refractivity contribution < 1.29 is 4.74 Å². The first-order chi connectivity index (χ1) is 11.5. The van der Waals surface area contributed by atoms with E-state index in [-0.39, 0.29) is 6.04 Å². The first-order valence-corrected chi connectivity index (χ1v) is 8.36. The fraction of sp³-hybridized carbons (Fsp3) is 0.526. The lowest BCUT2D eigenvalue weighted by Crippen LogP contribution is -2.43. The molecule has 0 saturated heterocycles. The average molecular weight is 332 g/mol. The van der Waals surface area contributed by atoms with Gasteiger partial charge in [0.25, 0.3) is 0 Å². The lowest BCUT2D eigenvalue weighted by atomic mass is 10.1. The molecule has 1 atom stereocenters. The van der Waals surface area contributed by atoms with Crippen molar-refractivity contribution in [3.8, 4) is 5.75 Å². The van der Waals surface area contributed by atoms with Crippen molar-refractivity contribution in [2.24, 2.45) is 4.99 Å². The number of aliphatic imine (C=N–C) groups is 1. The van der Waals surface area contributed by atoms with Crippen LogP contribution in [0.15, 0.2) is 41.9 Å². The zero-order chi connectivity index (χ0) is 17.9. The molecule has 0 aliphatic heterocycles. The normalized spacial score (nSPS) is 12.8. The Kier molecular flexibility index (Phi) is 8.94. The molecule has 1 rings (SSSR count). The molecule has 0 aliphatic rings. The van der Waals surface area contributed by atoms with Crippen LogP contribution in [0.1, 0.15) is 24.4 Å². The Bertz CT molecular complexity index is 528. The van der Waals surface area contributed by atoms with Crippen LogP contribution in [0.2, 0.25) is 0 Å². The number of unbranched alkanes of at least 4 members (excludes halogenated alkanes) is 1. The molecule has 1 aromatic carbocycles. The van der Waals surface area contributed by atoms with Gasteiger partial charge in [0.05, 0.1) is 13.2 Å². The second-order valence-corrected chi connectivity index (χ2v) is 6.04. The molecule has 0 spiro atoms. The van der Waals surface area contributed by atoms with Gasteiger partial charge in [-0.25, -0.2) is 0 Å². The SMILES string of the molecule is C=CCCCN(C)C(=NC)NCC(c1cccc(OC)c1)N(C)C. The van der Waals surface area contributed by atoms with Crippen LogP contribution in [0.5, 0.6) is 5.75 Å². The number of hydrogen-bond acceptors (Lipinski definition) is 3. The number of nitrogens with zero attached hydrogens (tertiary/aromatic N) is 3. The van der Waals surface area contributed by atoms with Gasteiger partial charge in [-0.15, -0.1) is 6.58 Å². The summed E-state index contributed by atoms with van der Waals surface area (Å²) >= 11 is 0. The standard InChI is InChI=1S/C19H32N4O/c1-7-8-9-13-23(5)19(20-2)21-15-18(22(3)4)16-11-10-12-17(14-16)24-6/h7,10-12,14,18H,1,8-9,13,15H2,2-6H3,(H,20,21). The third-order valence-corrected chi connectivity index (χ3v) is 4.03. The smallest absolute Gasteiger partial charge is 0.193 e. The maximum absolute atomic E-state index is 5.35. The second kappa shape index (κ2) is 10.7. The van der Waals surface area contributed by atoms with Crippen molar-refractivity contribution in [2.75, 3.05) is 48.4 Å². The van der Waals surface area contributed by atoms with Gasteiger partial charge in [0.1, 0.15) is 5.75 Å². The third kappa shape index (κ3) is 6.24. The van der Waals surface area contributed by atoms with Crippen LogP contribution in [0.4, 0.5) is 0 Å². The van der Waals surface area contributed by atoms with E-state index in [2.05, 4.69) is 60.0 Å². The summed E-state index contributed by atoms with van der Waals surface area (Å²) in [4.78, 5) is 8.74. The second-order valence-electron chi connectivity index (χ2n) is 6.04. The fourth-order valence-electron chi connectivity index (χ4n) is 2.60. The zero-order valence-electron chi connectivity index (χ0n) is 15.7. The highest BCUT2D eigenvalue weighted by Crippen LogP contribution is 2.22. The predicted octanol–water partition coefficient (Wildman–Crippen LogP) is 2.77. The van der Waals surface area contributed by atoms with Crippen molar-refractivity contribution in [2.45, 2.75) is 18.9 Å². The minimum absolute atomic E-state index is 0.235. The lowest BCUT2D eigenvalue weighted by molar-refractivity contribution is 0.294. The Balaban J connectivity index is 2.72. The molecule has 134 valence electrons. The summed E-state index contributed by atoms with van der Waals surface area (Å²) in [5.74, 6) is 1.79. The summed E-state index contributed by atoms with van der Waals surface area (Å²) < 4.78 is 5.35. The number of methoxy groups -OCH3 is 1. The quantitative estimate of drug-likeness (QED) is 0.327. The van der Waals surface area contributed by atoms with Crippen LogP contribution < -0.4 is 10.1 Å². The summed E-state index contributed by atoms with van der Waals surface area (Å²) in [6.07, 6.45) is 4.05. The molecule has 0 saturated carbocycles. The Morgan fingerprint density at radius 1 is 1.38 bits per heavy atom. The van der Waals surface area contributed by atoms with E-state index in [0.717, 1.165) is 37.6 Å². The number of guanidine groups is 1. The Labute approximate surface area is 147 Å². The molecule has 1 aromatic rings. The molecule has 0 radical (unpaired) electrons. The van der Waals surface area contributed by atoms with Crippen molar-refractivity contribution in [3.63, 3.8) is 0 Å². The van der Waals surface area contributed by atoms with Crippen LogP contribution in [0.3, 0.4) is 0 Å². The topological polar surface area (TPSA) is 40.1 Å². The minimum Gasteiger partial charge on any atom is -0.497 e. The summed E-state index contributed by atoms with van der Waals surface area (Å²) in [7, 11) is 9.75. The van der Waals surface area contributed by atoms with Crippen molar-refractivity contribution in [1.82, 2.24) is 15.1 Å². The van der Waals surface area contributed by atoms with E-state index in [1.807, 2.05) is 25.3 Å². The molecule has 5 nitrogen and oxygen atoms in total. The molecular weight excluding hydrogens is 300 g/mol. The Hall–Kier alpha value is -2.01. The highest BCUT2D eigenvalue weighted by molar-refractivity contribution is 5.79. The number of benzene rings is 1. The fourth-order valence-corrected chi connectivity index (χ4v) is 2.60. The van der Waals surface area contributed by atoms with Crippen molar-refractivity contribution in [3.05, 3.63) is 42.5 Å². The molecule has 0 aromatic heterocycles. The van der Waals surface area contributed by atoms with Crippen LogP contribution in [-0.4, -0.2) is 64.1 Å². The molecule has 0 amide bonds. The number of rotatable bonds is 9. The lowest BCUT2D eigenvalue weighted by Gasteiger charge is -2.28. The van der Waals surface area contributed by atoms with Crippen LogP contribution in [0.25, 0.3) is 0 Å². The van der Waals surface area contributed by atoms with Gasteiger partial charge >= 0.3 is 0 Å². The van der Waals surface area contributed by atoms with Gasteiger partial charge in [-0.05, 0) is 44.6 Å². The number of nitrogens with one attached hydrogen (secondary N) is 1. The molecule has 0 aliphatic carbocycles. The number of allylic oxidation sites excluding steroid dienone is 1. The molecule has 1 unspecified atom stereocenters. The average Bonchev–Trinajstić information content (AvgIpc) is 2.58. The maximum atomic E-state index is 5.35. The van der Waals surface area contributed by atoms with Crippen LogP contribution in [0, 0.1) is 0 Å². The number of hydrogen-bond donors (Lipinski definition) is 1. The summed E-state index contributed by atoms with van der Waals surface area (Å²) in [6.45, 7) is 5.50. The van der Waals surface area contributed by atoms with Gasteiger partial charge < -0.3 is 19.9 Å². The van der Waals surface area contributed by atoms with E-state index in [1.54, 1.807) is 7.11 Å². The molecule has 1 N–H and O–H groups in total. The highest BCUT2D eigenvalue weighted by Gasteiger charge is 2.16. The maximum Gasteiger partial charge on any atom is 0.193 e. The van der Waals surface area contributed by atoms with Gasteiger partial charge in [-0.1, -0.05) is 18.2 Å². The van der Waals surface area contributed by atoms with E-state index in [9.17, 15) is 0 Å². The van der Waals surface area contributed by atoms with E-state index in [0.29, 0.717) is 0 Å². The summed E-state index contributed by atoms with van der Waals surface area (Å²) in [6, 6.07) is 8.45.